The zero-order valence-electron chi connectivity index (χ0n) is 13.8. The molecule has 0 unspecified atom stereocenters. The predicted octanol–water partition coefficient (Wildman–Crippen LogP) is 3.30. The van der Waals surface area contributed by atoms with Crippen molar-refractivity contribution in [2.75, 3.05) is 26.1 Å². The van der Waals surface area contributed by atoms with E-state index in [2.05, 4.69) is 48.5 Å². The van der Waals surface area contributed by atoms with E-state index in [-0.39, 0.29) is 0 Å². The summed E-state index contributed by atoms with van der Waals surface area (Å²) in [6.45, 7) is 4.09. The van der Waals surface area contributed by atoms with E-state index in [1.165, 1.54) is 11.1 Å². The normalized spacial score (nSPS) is 11.0. The van der Waals surface area contributed by atoms with E-state index in [0.29, 0.717) is 26.1 Å². The Kier molecular flexibility index (Phi) is 8.66. The summed E-state index contributed by atoms with van der Waals surface area (Å²) in [5, 5.41) is 0. The van der Waals surface area contributed by atoms with Gasteiger partial charge in [0.2, 0.25) is 0 Å². The molecule has 0 spiro atoms. The summed E-state index contributed by atoms with van der Waals surface area (Å²) in [6, 6.07) is 20.8. The number of benzene rings is 2. The van der Waals surface area contributed by atoms with E-state index >= 15 is 0 Å². The second-order valence-corrected chi connectivity index (χ2v) is 7.16. The lowest BCUT2D eigenvalue weighted by molar-refractivity contribution is 0.127. The molecule has 0 bridgehead atoms. The highest BCUT2D eigenvalue weighted by Gasteiger charge is 2.13. The van der Waals surface area contributed by atoms with Crippen LogP contribution in [-0.2, 0) is 26.4 Å². The van der Waals surface area contributed by atoms with Crippen molar-refractivity contribution in [1.29, 1.82) is 0 Å². The first-order valence-electron chi connectivity index (χ1n) is 8.27. The second kappa shape index (κ2) is 11.1. The van der Waals surface area contributed by atoms with Crippen LogP contribution in [0.5, 0.6) is 0 Å². The molecule has 0 radical (unpaired) electrons. The van der Waals surface area contributed by atoms with Gasteiger partial charge in [-0.05, 0) is 30.9 Å². The number of rotatable bonds is 11. The molecule has 0 aliphatic rings. The van der Waals surface area contributed by atoms with Crippen molar-refractivity contribution in [1.82, 2.24) is 0 Å². The molecule has 23 heavy (non-hydrogen) atoms. The third-order valence-electron chi connectivity index (χ3n) is 3.53. The first kappa shape index (κ1) is 17.9. The second-order valence-electron chi connectivity index (χ2n) is 5.30. The minimum Gasteiger partial charge on any atom is -0.395 e. The lowest BCUT2D eigenvalue weighted by atomic mass is 10.2. The topological polar surface area (TPSA) is 27.7 Å². The summed E-state index contributed by atoms with van der Waals surface area (Å²) in [4.78, 5) is 0. The van der Waals surface area contributed by atoms with E-state index in [4.69, 9.17) is 13.6 Å². The van der Waals surface area contributed by atoms with Gasteiger partial charge in [0.15, 0.2) is 0 Å². The van der Waals surface area contributed by atoms with Gasteiger partial charge in [0.25, 0.3) is 0 Å². The van der Waals surface area contributed by atoms with Crippen molar-refractivity contribution in [2.45, 2.75) is 19.8 Å². The molecule has 124 valence electrons. The van der Waals surface area contributed by atoms with Crippen molar-refractivity contribution in [2.24, 2.45) is 0 Å². The van der Waals surface area contributed by atoms with Crippen molar-refractivity contribution in [3.05, 3.63) is 71.8 Å². The standard InChI is InChI=1S/C19H26O3Si/c1-2-20-17-23(21-15-13-18-9-5-3-6-10-18)22-16-14-19-11-7-4-8-12-19/h3-12,23H,2,13-17H2,1H3. The average Bonchev–Trinajstić information content (AvgIpc) is 2.61. The maximum Gasteiger partial charge on any atom is 0.348 e. The van der Waals surface area contributed by atoms with Crippen molar-refractivity contribution >= 4 is 9.28 Å². The van der Waals surface area contributed by atoms with E-state index in [9.17, 15) is 0 Å². The van der Waals surface area contributed by atoms with Crippen LogP contribution in [0.1, 0.15) is 18.1 Å². The highest BCUT2D eigenvalue weighted by atomic mass is 28.3. The Bertz CT molecular complexity index is 473. The molecule has 4 heteroatoms. The number of hydrogen-bond acceptors (Lipinski definition) is 3. The van der Waals surface area contributed by atoms with Gasteiger partial charge in [-0.3, -0.25) is 0 Å². The molecule has 2 rings (SSSR count). The Morgan fingerprint density at radius 3 is 1.65 bits per heavy atom. The maximum absolute atomic E-state index is 5.98. The molecule has 0 atom stereocenters. The summed E-state index contributed by atoms with van der Waals surface area (Å²) in [7, 11) is -1.76. The van der Waals surface area contributed by atoms with Crippen molar-refractivity contribution in [3.8, 4) is 0 Å². The fourth-order valence-corrected chi connectivity index (χ4v) is 3.74. The summed E-state index contributed by atoms with van der Waals surface area (Å²) in [6.07, 6.45) is 2.44. The minimum absolute atomic E-state index is 0.611. The largest absolute Gasteiger partial charge is 0.395 e. The molecular formula is C19H26O3Si. The van der Waals surface area contributed by atoms with Crippen molar-refractivity contribution in [3.63, 3.8) is 0 Å². The zero-order valence-corrected chi connectivity index (χ0v) is 15.0. The molecule has 0 amide bonds. The van der Waals surface area contributed by atoms with E-state index in [1.807, 2.05) is 19.1 Å². The molecule has 3 nitrogen and oxygen atoms in total. The average molecular weight is 330 g/mol. The van der Waals surface area contributed by atoms with Crippen LogP contribution in [0, 0.1) is 0 Å². The quantitative estimate of drug-likeness (QED) is 0.592. The van der Waals surface area contributed by atoms with E-state index in [0.717, 1.165) is 12.8 Å². The van der Waals surface area contributed by atoms with E-state index < -0.39 is 9.28 Å². The summed E-state index contributed by atoms with van der Waals surface area (Å²) in [5.41, 5.74) is 2.59. The van der Waals surface area contributed by atoms with E-state index in [1.54, 1.807) is 0 Å². The Morgan fingerprint density at radius 2 is 1.22 bits per heavy atom. The van der Waals surface area contributed by atoms with Gasteiger partial charge in [-0.15, -0.1) is 0 Å². The van der Waals surface area contributed by atoms with Crippen LogP contribution in [0.3, 0.4) is 0 Å². The van der Waals surface area contributed by atoms with Gasteiger partial charge in [-0.25, -0.2) is 0 Å². The maximum atomic E-state index is 5.98. The monoisotopic (exact) mass is 330 g/mol. The molecule has 2 aromatic carbocycles. The van der Waals surface area contributed by atoms with Crippen molar-refractivity contribution < 1.29 is 13.6 Å². The van der Waals surface area contributed by atoms with Gasteiger partial charge in [-0.1, -0.05) is 60.7 Å². The first-order chi connectivity index (χ1) is 11.4. The van der Waals surface area contributed by atoms with Crippen LogP contribution in [0.15, 0.2) is 60.7 Å². The van der Waals surface area contributed by atoms with Gasteiger partial charge in [0.1, 0.15) is 0 Å². The number of hydrogen-bond donors (Lipinski definition) is 0. The lowest BCUT2D eigenvalue weighted by Gasteiger charge is -2.17. The van der Waals surface area contributed by atoms with Crippen LogP contribution in [0.25, 0.3) is 0 Å². The Balaban J connectivity index is 1.70. The smallest absolute Gasteiger partial charge is 0.348 e. The SMILES string of the molecule is CCOC[SiH](OCCc1ccccc1)OCCc1ccccc1. The van der Waals surface area contributed by atoms with Crippen LogP contribution in [0.2, 0.25) is 0 Å². The Morgan fingerprint density at radius 1 is 0.739 bits per heavy atom. The van der Waals surface area contributed by atoms with Gasteiger partial charge < -0.3 is 13.6 Å². The highest BCUT2D eigenvalue weighted by Crippen LogP contribution is 2.03. The molecule has 0 saturated heterocycles. The summed E-state index contributed by atoms with van der Waals surface area (Å²) >= 11 is 0. The molecule has 0 heterocycles. The third-order valence-corrected chi connectivity index (χ3v) is 5.26. The fraction of sp³-hybridized carbons (Fsp3) is 0.368. The minimum atomic E-state index is -1.76. The van der Waals surface area contributed by atoms with Gasteiger partial charge in [0, 0.05) is 19.8 Å². The first-order valence-corrected chi connectivity index (χ1v) is 10.0. The molecule has 0 aliphatic carbocycles. The Labute approximate surface area is 141 Å². The lowest BCUT2D eigenvalue weighted by Crippen LogP contribution is -2.31. The third kappa shape index (κ3) is 7.57. The van der Waals surface area contributed by atoms with Crippen LogP contribution < -0.4 is 0 Å². The van der Waals surface area contributed by atoms with Gasteiger partial charge in [-0.2, -0.15) is 0 Å². The molecule has 0 aliphatic heterocycles. The molecule has 2 aromatic rings. The zero-order chi connectivity index (χ0) is 16.2. The molecule has 0 aromatic heterocycles. The van der Waals surface area contributed by atoms with Crippen LogP contribution in [0.4, 0.5) is 0 Å². The van der Waals surface area contributed by atoms with Crippen LogP contribution >= 0.6 is 0 Å². The molecule has 0 saturated carbocycles. The predicted molar refractivity (Wildman–Crippen MR) is 95.8 cm³/mol. The Hall–Kier alpha value is -1.46. The fourth-order valence-electron chi connectivity index (χ4n) is 2.26. The summed E-state index contributed by atoms with van der Waals surface area (Å²) < 4.78 is 17.5. The van der Waals surface area contributed by atoms with Crippen LogP contribution in [-0.4, -0.2) is 35.3 Å². The summed E-state index contributed by atoms with van der Waals surface area (Å²) in [5.74, 6) is 0. The molecule has 0 fully saturated rings. The van der Waals surface area contributed by atoms with Gasteiger partial charge in [0.05, 0.1) is 6.23 Å². The number of ether oxygens (including phenoxy) is 1. The molecular weight excluding hydrogens is 304 g/mol. The highest BCUT2D eigenvalue weighted by molar-refractivity contribution is 6.44. The molecule has 0 N–H and O–H groups in total. The van der Waals surface area contributed by atoms with Gasteiger partial charge >= 0.3 is 9.28 Å².